The summed E-state index contributed by atoms with van der Waals surface area (Å²) in [6.45, 7) is 7.67. The molecule has 0 aliphatic carbocycles. The van der Waals surface area contributed by atoms with Crippen LogP contribution in [0.1, 0.15) is 49.0 Å². The van der Waals surface area contributed by atoms with Crippen molar-refractivity contribution in [1.29, 1.82) is 0 Å². The van der Waals surface area contributed by atoms with Gasteiger partial charge < -0.3 is 14.7 Å². The lowest BCUT2D eigenvalue weighted by Crippen LogP contribution is -2.39. The van der Waals surface area contributed by atoms with Crippen LogP contribution in [-0.4, -0.2) is 42.4 Å². The van der Waals surface area contributed by atoms with E-state index in [-0.39, 0.29) is 11.5 Å². The third-order valence-electron chi connectivity index (χ3n) is 3.50. The average molecular weight is 298 g/mol. The molecular weight excluding hydrogens is 276 g/mol. The van der Waals surface area contributed by atoms with Crippen LogP contribution < -0.4 is 4.90 Å². The smallest absolute Gasteiger partial charge is 0.347 e. The summed E-state index contributed by atoms with van der Waals surface area (Å²) in [4.78, 5) is 18.5. The Kier molecular flexibility index (Phi) is 4.34. The molecule has 0 bridgehead atoms. The summed E-state index contributed by atoms with van der Waals surface area (Å²) in [7, 11) is 1.72. The van der Waals surface area contributed by atoms with Gasteiger partial charge in [0, 0.05) is 25.6 Å². The Labute approximate surface area is 123 Å². The molecule has 0 radical (unpaired) electrons. The number of carboxylic acid groups (broad SMARTS) is 1. The summed E-state index contributed by atoms with van der Waals surface area (Å²) >= 11 is 1.27. The number of methoxy groups -OCH3 is 1. The molecule has 2 heterocycles. The van der Waals surface area contributed by atoms with Crippen molar-refractivity contribution in [2.45, 2.75) is 45.1 Å². The van der Waals surface area contributed by atoms with Crippen LogP contribution in [0, 0.1) is 0 Å². The monoisotopic (exact) mass is 298 g/mol. The quantitative estimate of drug-likeness (QED) is 0.929. The van der Waals surface area contributed by atoms with Crippen LogP contribution in [0.3, 0.4) is 0 Å². The number of hydrogen-bond acceptors (Lipinski definition) is 5. The predicted molar refractivity (Wildman–Crippen MR) is 80.0 cm³/mol. The lowest BCUT2D eigenvalue weighted by molar-refractivity contribution is 0.0699. The Morgan fingerprint density at radius 1 is 1.50 bits per heavy atom. The number of aromatic carboxylic acids is 1. The third kappa shape index (κ3) is 3.12. The molecule has 2 rings (SSSR count). The van der Waals surface area contributed by atoms with Crippen LogP contribution in [0.5, 0.6) is 0 Å². The zero-order chi connectivity index (χ0) is 14.9. The van der Waals surface area contributed by atoms with Crippen molar-refractivity contribution in [3.63, 3.8) is 0 Å². The molecule has 1 saturated heterocycles. The molecule has 1 unspecified atom stereocenters. The Morgan fingerprint density at radius 2 is 2.20 bits per heavy atom. The molecule has 0 amide bonds. The molecule has 1 aromatic heterocycles. The number of thiazole rings is 1. The first kappa shape index (κ1) is 15.3. The Bertz CT molecular complexity index is 493. The minimum absolute atomic E-state index is 0.207. The topological polar surface area (TPSA) is 62.7 Å². The molecule has 0 saturated carbocycles. The minimum atomic E-state index is -0.890. The third-order valence-corrected chi connectivity index (χ3v) is 4.61. The highest BCUT2D eigenvalue weighted by molar-refractivity contribution is 7.17. The van der Waals surface area contributed by atoms with Crippen LogP contribution in [0.25, 0.3) is 0 Å². The number of hydrogen-bond donors (Lipinski definition) is 1. The maximum atomic E-state index is 11.4. The standard InChI is InChI=1S/C14H22N2O3S/c1-14(2,3)11-10(12(17)18)20-13(15-11)16-7-5-6-9(8-16)19-4/h9H,5-8H2,1-4H3,(H,17,18). The molecule has 1 aliphatic heterocycles. The highest BCUT2D eigenvalue weighted by Crippen LogP contribution is 2.35. The highest BCUT2D eigenvalue weighted by atomic mass is 32.1. The number of rotatable bonds is 3. The summed E-state index contributed by atoms with van der Waals surface area (Å²) < 4.78 is 5.41. The lowest BCUT2D eigenvalue weighted by Gasteiger charge is -2.31. The predicted octanol–water partition coefficient (Wildman–Crippen LogP) is 2.75. The van der Waals surface area contributed by atoms with Gasteiger partial charge in [-0.05, 0) is 12.8 Å². The molecule has 0 spiro atoms. The van der Waals surface area contributed by atoms with Gasteiger partial charge in [0.2, 0.25) is 0 Å². The molecule has 112 valence electrons. The van der Waals surface area contributed by atoms with Crippen molar-refractivity contribution in [2.24, 2.45) is 0 Å². The van der Waals surface area contributed by atoms with Gasteiger partial charge >= 0.3 is 5.97 Å². The van der Waals surface area contributed by atoms with Crippen molar-refractivity contribution in [3.05, 3.63) is 10.6 Å². The number of carbonyl (C=O) groups is 1. The maximum absolute atomic E-state index is 11.4. The molecule has 6 heteroatoms. The number of ether oxygens (including phenoxy) is 1. The van der Waals surface area contributed by atoms with E-state index in [0.717, 1.165) is 31.1 Å². The largest absolute Gasteiger partial charge is 0.477 e. The second-order valence-electron chi connectivity index (χ2n) is 6.18. The number of aromatic nitrogens is 1. The van der Waals surface area contributed by atoms with Gasteiger partial charge in [-0.2, -0.15) is 0 Å². The van der Waals surface area contributed by atoms with E-state index in [1.54, 1.807) is 7.11 Å². The summed E-state index contributed by atoms with van der Waals surface area (Å²) in [5.74, 6) is -0.890. The number of carboxylic acids is 1. The average Bonchev–Trinajstić information content (AvgIpc) is 2.84. The number of piperidine rings is 1. The van der Waals surface area contributed by atoms with Crippen molar-refractivity contribution in [1.82, 2.24) is 4.98 Å². The van der Waals surface area contributed by atoms with Crippen LogP contribution in [-0.2, 0) is 10.2 Å². The second-order valence-corrected chi connectivity index (χ2v) is 7.15. The molecule has 1 N–H and O–H groups in total. The Morgan fingerprint density at radius 3 is 2.70 bits per heavy atom. The van der Waals surface area contributed by atoms with E-state index in [0.29, 0.717) is 10.6 Å². The van der Waals surface area contributed by atoms with E-state index in [1.165, 1.54) is 11.3 Å². The van der Waals surface area contributed by atoms with E-state index in [9.17, 15) is 9.90 Å². The zero-order valence-corrected chi connectivity index (χ0v) is 13.3. The van der Waals surface area contributed by atoms with Crippen molar-refractivity contribution in [3.8, 4) is 0 Å². The first-order valence-corrected chi connectivity index (χ1v) is 7.67. The molecule has 1 fully saturated rings. The van der Waals surface area contributed by atoms with Gasteiger partial charge in [-0.15, -0.1) is 0 Å². The normalized spacial score (nSPS) is 20.2. The fourth-order valence-corrected chi connectivity index (χ4v) is 3.55. The van der Waals surface area contributed by atoms with Gasteiger partial charge in [0.1, 0.15) is 4.88 Å². The second kappa shape index (κ2) is 5.69. The van der Waals surface area contributed by atoms with E-state index in [1.807, 2.05) is 20.8 Å². The zero-order valence-electron chi connectivity index (χ0n) is 12.5. The van der Waals surface area contributed by atoms with Gasteiger partial charge in [0.15, 0.2) is 5.13 Å². The summed E-state index contributed by atoms with van der Waals surface area (Å²) in [5.41, 5.74) is 0.406. The van der Waals surface area contributed by atoms with Crippen molar-refractivity contribution < 1.29 is 14.6 Å². The maximum Gasteiger partial charge on any atom is 0.347 e. The van der Waals surface area contributed by atoms with Crippen LogP contribution in [0.4, 0.5) is 5.13 Å². The van der Waals surface area contributed by atoms with Gasteiger partial charge in [-0.3, -0.25) is 0 Å². The SMILES string of the molecule is COC1CCCN(c2nc(C(C)(C)C)c(C(=O)O)s2)C1. The number of anilines is 1. The Hall–Kier alpha value is -1.14. The van der Waals surface area contributed by atoms with Gasteiger partial charge in [0.25, 0.3) is 0 Å². The number of nitrogens with zero attached hydrogens (tertiary/aromatic N) is 2. The fraction of sp³-hybridized carbons (Fsp3) is 0.714. The summed E-state index contributed by atoms with van der Waals surface area (Å²) in [5, 5.41) is 10.2. The van der Waals surface area contributed by atoms with E-state index in [2.05, 4.69) is 9.88 Å². The summed E-state index contributed by atoms with van der Waals surface area (Å²) in [6.07, 6.45) is 2.31. The van der Waals surface area contributed by atoms with Crippen LogP contribution in [0.15, 0.2) is 0 Å². The van der Waals surface area contributed by atoms with Crippen molar-refractivity contribution >= 4 is 22.4 Å². The van der Waals surface area contributed by atoms with Crippen LogP contribution in [0.2, 0.25) is 0 Å². The van der Waals surface area contributed by atoms with Gasteiger partial charge in [0.05, 0.1) is 11.8 Å². The molecule has 1 aromatic rings. The first-order valence-electron chi connectivity index (χ1n) is 6.85. The molecule has 5 nitrogen and oxygen atoms in total. The van der Waals surface area contributed by atoms with E-state index < -0.39 is 5.97 Å². The highest BCUT2D eigenvalue weighted by Gasteiger charge is 2.30. The first-order chi connectivity index (χ1) is 9.32. The Balaban J connectivity index is 2.31. The lowest BCUT2D eigenvalue weighted by atomic mass is 9.91. The molecule has 1 atom stereocenters. The summed E-state index contributed by atoms with van der Waals surface area (Å²) in [6, 6.07) is 0. The van der Waals surface area contributed by atoms with E-state index in [4.69, 9.17) is 4.74 Å². The van der Waals surface area contributed by atoms with E-state index >= 15 is 0 Å². The van der Waals surface area contributed by atoms with Crippen molar-refractivity contribution in [2.75, 3.05) is 25.1 Å². The van der Waals surface area contributed by atoms with Crippen LogP contribution >= 0.6 is 11.3 Å². The molecule has 20 heavy (non-hydrogen) atoms. The molecular formula is C14H22N2O3S. The van der Waals surface area contributed by atoms with Gasteiger partial charge in [-0.25, -0.2) is 9.78 Å². The van der Waals surface area contributed by atoms with Gasteiger partial charge in [-0.1, -0.05) is 32.1 Å². The molecule has 1 aliphatic rings. The fourth-order valence-electron chi connectivity index (χ4n) is 2.40. The molecule has 0 aromatic carbocycles. The minimum Gasteiger partial charge on any atom is -0.477 e.